The van der Waals surface area contributed by atoms with Crippen molar-refractivity contribution in [3.05, 3.63) is 35.9 Å². The standard InChI is InChI=1S/C14H20N2O4/c1-14(20,10-17)9-15-12(18)8-16(2)13(19)11-6-4-3-5-7-11/h3-7,17,20H,8-10H2,1-2H3,(H,15,18). The molecule has 0 heterocycles. The summed E-state index contributed by atoms with van der Waals surface area (Å²) in [5, 5.41) is 20.9. The molecule has 1 aromatic carbocycles. The Morgan fingerprint density at radius 1 is 1.30 bits per heavy atom. The molecule has 20 heavy (non-hydrogen) atoms. The highest BCUT2D eigenvalue weighted by molar-refractivity contribution is 5.96. The molecule has 6 heteroatoms. The molecular formula is C14H20N2O4. The first-order valence-corrected chi connectivity index (χ1v) is 6.26. The van der Waals surface area contributed by atoms with E-state index in [-0.39, 0.29) is 19.0 Å². The number of aliphatic hydroxyl groups excluding tert-OH is 1. The van der Waals surface area contributed by atoms with Crippen LogP contribution in [0.25, 0.3) is 0 Å². The number of rotatable bonds is 6. The van der Waals surface area contributed by atoms with Gasteiger partial charge < -0.3 is 20.4 Å². The summed E-state index contributed by atoms with van der Waals surface area (Å²) in [5.74, 6) is -0.653. The van der Waals surface area contributed by atoms with Crippen LogP contribution in [0.15, 0.2) is 30.3 Å². The van der Waals surface area contributed by atoms with E-state index in [0.29, 0.717) is 5.56 Å². The predicted molar refractivity (Wildman–Crippen MR) is 74.1 cm³/mol. The maximum absolute atomic E-state index is 12.0. The lowest BCUT2D eigenvalue weighted by Crippen LogP contribution is -2.46. The molecule has 0 fully saturated rings. The molecule has 3 N–H and O–H groups in total. The Bertz CT molecular complexity index is 460. The number of amides is 2. The molecule has 110 valence electrons. The molecule has 0 aliphatic carbocycles. The van der Waals surface area contributed by atoms with Gasteiger partial charge in [0.2, 0.25) is 5.91 Å². The summed E-state index contributed by atoms with van der Waals surface area (Å²) in [5.41, 5.74) is -0.859. The van der Waals surface area contributed by atoms with Crippen molar-refractivity contribution in [2.75, 3.05) is 26.7 Å². The highest BCUT2D eigenvalue weighted by Gasteiger charge is 2.21. The Labute approximate surface area is 118 Å². The van der Waals surface area contributed by atoms with Crippen LogP contribution in [0.2, 0.25) is 0 Å². The molecule has 1 rings (SSSR count). The molecule has 0 aliphatic heterocycles. The van der Waals surface area contributed by atoms with Gasteiger partial charge in [0, 0.05) is 19.2 Å². The number of hydrogen-bond acceptors (Lipinski definition) is 4. The maximum Gasteiger partial charge on any atom is 0.254 e. The summed E-state index contributed by atoms with van der Waals surface area (Å²) >= 11 is 0. The van der Waals surface area contributed by atoms with Gasteiger partial charge in [-0.05, 0) is 19.1 Å². The quantitative estimate of drug-likeness (QED) is 0.662. The maximum atomic E-state index is 12.0. The van der Waals surface area contributed by atoms with E-state index in [2.05, 4.69) is 5.32 Å². The fraction of sp³-hybridized carbons (Fsp3) is 0.429. The summed E-state index contributed by atoms with van der Waals surface area (Å²) in [6, 6.07) is 8.65. The molecular weight excluding hydrogens is 260 g/mol. The number of aliphatic hydroxyl groups is 2. The van der Waals surface area contributed by atoms with Gasteiger partial charge in [0.25, 0.3) is 5.91 Å². The van der Waals surface area contributed by atoms with Crippen LogP contribution in [0.5, 0.6) is 0 Å². The number of nitrogens with zero attached hydrogens (tertiary/aromatic N) is 1. The largest absolute Gasteiger partial charge is 0.393 e. The van der Waals surface area contributed by atoms with Crippen molar-refractivity contribution in [3.8, 4) is 0 Å². The fourth-order valence-corrected chi connectivity index (χ4v) is 1.49. The molecule has 0 saturated heterocycles. The SMILES string of the molecule is CN(CC(=O)NCC(C)(O)CO)C(=O)c1ccccc1. The third kappa shape index (κ3) is 4.99. The van der Waals surface area contributed by atoms with Crippen LogP contribution in [0.4, 0.5) is 0 Å². The van der Waals surface area contributed by atoms with Crippen LogP contribution >= 0.6 is 0 Å². The minimum absolute atomic E-state index is 0.0737. The Balaban J connectivity index is 2.48. The molecule has 1 atom stereocenters. The third-order valence-electron chi connectivity index (χ3n) is 2.76. The minimum Gasteiger partial charge on any atom is -0.393 e. The van der Waals surface area contributed by atoms with Crippen LogP contribution in [-0.4, -0.2) is 59.3 Å². The lowest BCUT2D eigenvalue weighted by molar-refractivity contribution is -0.123. The smallest absolute Gasteiger partial charge is 0.254 e. The topological polar surface area (TPSA) is 89.9 Å². The molecule has 6 nitrogen and oxygen atoms in total. The zero-order valence-electron chi connectivity index (χ0n) is 11.7. The summed E-state index contributed by atoms with van der Waals surface area (Å²) in [7, 11) is 1.53. The second kappa shape index (κ2) is 7.02. The zero-order valence-corrected chi connectivity index (χ0v) is 11.7. The first-order chi connectivity index (χ1) is 9.35. The monoisotopic (exact) mass is 280 g/mol. The van der Waals surface area contributed by atoms with Crippen molar-refractivity contribution in [1.29, 1.82) is 0 Å². The van der Waals surface area contributed by atoms with E-state index in [1.807, 2.05) is 0 Å². The summed E-state index contributed by atoms with van der Waals surface area (Å²) in [6.07, 6.45) is 0. The van der Waals surface area contributed by atoms with Crippen LogP contribution in [0, 0.1) is 0 Å². The van der Waals surface area contributed by atoms with Gasteiger partial charge in [-0.1, -0.05) is 18.2 Å². The molecule has 0 aromatic heterocycles. The van der Waals surface area contributed by atoms with Crippen LogP contribution < -0.4 is 5.32 Å². The Morgan fingerprint density at radius 3 is 2.45 bits per heavy atom. The lowest BCUT2D eigenvalue weighted by atomic mass is 10.1. The number of likely N-dealkylation sites (N-methyl/N-ethyl adjacent to an activating group) is 1. The van der Waals surface area contributed by atoms with Crippen LogP contribution in [0.3, 0.4) is 0 Å². The highest BCUT2D eigenvalue weighted by Crippen LogP contribution is 2.03. The fourth-order valence-electron chi connectivity index (χ4n) is 1.49. The van der Waals surface area contributed by atoms with Gasteiger partial charge in [-0.2, -0.15) is 0 Å². The average Bonchev–Trinajstić information content (AvgIpc) is 2.45. The van der Waals surface area contributed by atoms with Gasteiger partial charge in [0.15, 0.2) is 0 Å². The number of benzene rings is 1. The van der Waals surface area contributed by atoms with E-state index in [1.165, 1.54) is 18.9 Å². The van der Waals surface area contributed by atoms with Gasteiger partial charge in [-0.3, -0.25) is 9.59 Å². The average molecular weight is 280 g/mol. The molecule has 0 spiro atoms. The van der Waals surface area contributed by atoms with Crippen molar-refractivity contribution < 1.29 is 19.8 Å². The van der Waals surface area contributed by atoms with Crippen molar-refractivity contribution >= 4 is 11.8 Å². The lowest BCUT2D eigenvalue weighted by Gasteiger charge is -2.22. The van der Waals surface area contributed by atoms with Crippen molar-refractivity contribution in [2.45, 2.75) is 12.5 Å². The number of nitrogens with one attached hydrogen (secondary N) is 1. The number of carbonyl (C=O) groups excluding carboxylic acids is 2. The van der Waals surface area contributed by atoms with Crippen LogP contribution in [-0.2, 0) is 4.79 Å². The second-order valence-corrected chi connectivity index (χ2v) is 4.96. The van der Waals surface area contributed by atoms with Crippen LogP contribution in [0.1, 0.15) is 17.3 Å². The van der Waals surface area contributed by atoms with Gasteiger partial charge in [-0.15, -0.1) is 0 Å². The Morgan fingerprint density at radius 2 is 1.90 bits per heavy atom. The predicted octanol–water partition coefficient (Wildman–Crippen LogP) is -0.382. The van der Waals surface area contributed by atoms with Gasteiger partial charge in [0.05, 0.1) is 13.2 Å². The van der Waals surface area contributed by atoms with Crippen molar-refractivity contribution in [3.63, 3.8) is 0 Å². The molecule has 0 bridgehead atoms. The summed E-state index contributed by atoms with van der Waals surface area (Å²) < 4.78 is 0. The van der Waals surface area contributed by atoms with E-state index >= 15 is 0 Å². The summed E-state index contributed by atoms with van der Waals surface area (Å²) in [6.45, 7) is 0.767. The second-order valence-electron chi connectivity index (χ2n) is 4.96. The molecule has 0 saturated carbocycles. The van der Waals surface area contributed by atoms with E-state index in [0.717, 1.165) is 0 Å². The molecule has 0 aliphatic rings. The first-order valence-electron chi connectivity index (χ1n) is 6.26. The van der Waals surface area contributed by atoms with Gasteiger partial charge in [-0.25, -0.2) is 0 Å². The zero-order chi connectivity index (χ0) is 15.2. The van der Waals surface area contributed by atoms with E-state index in [4.69, 9.17) is 5.11 Å². The Kier molecular flexibility index (Phi) is 5.66. The van der Waals surface area contributed by atoms with E-state index in [1.54, 1.807) is 30.3 Å². The third-order valence-corrected chi connectivity index (χ3v) is 2.76. The highest BCUT2D eigenvalue weighted by atomic mass is 16.3. The Hall–Kier alpha value is -1.92. The molecule has 2 amide bonds. The van der Waals surface area contributed by atoms with Crippen molar-refractivity contribution in [2.24, 2.45) is 0 Å². The number of carbonyl (C=O) groups is 2. The molecule has 1 aromatic rings. The minimum atomic E-state index is -1.36. The van der Waals surface area contributed by atoms with Gasteiger partial charge in [0.1, 0.15) is 5.60 Å². The van der Waals surface area contributed by atoms with Crippen molar-refractivity contribution in [1.82, 2.24) is 10.2 Å². The van der Waals surface area contributed by atoms with E-state index in [9.17, 15) is 14.7 Å². The molecule has 1 unspecified atom stereocenters. The normalized spacial score (nSPS) is 13.4. The summed E-state index contributed by atoms with van der Waals surface area (Å²) in [4.78, 5) is 24.9. The van der Waals surface area contributed by atoms with E-state index < -0.39 is 18.1 Å². The number of hydrogen-bond donors (Lipinski definition) is 3. The van der Waals surface area contributed by atoms with Gasteiger partial charge >= 0.3 is 0 Å². The molecule has 0 radical (unpaired) electrons. The first kappa shape index (κ1) is 16.1.